The largest absolute Gasteiger partial charge is 0.479 e. The van der Waals surface area contributed by atoms with Gasteiger partial charge in [0, 0.05) is 27.9 Å². The van der Waals surface area contributed by atoms with Crippen LogP contribution in [0, 0.1) is 0 Å². The Hall–Kier alpha value is 0.451. The average Bonchev–Trinajstić information content (AvgIpc) is 2.16. The Bertz CT molecular complexity index is 204. The van der Waals surface area contributed by atoms with Gasteiger partial charge in [0.1, 0.15) is 0 Å². The monoisotopic (exact) mass is 284 g/mol. The summed E-state index contributed by atoms with van der Waals surface area (Å²) in [4.78, 5) is 0. The first-order chi connectivity index (χ1) is 7.10. The Morgan fingerprint density at radius 1 is 0.562 bits per heavy atom. The highest BCUT2D eigenvalue weighted by Crippen LogP contribution is 2.21. The van der Waals surface area contributed by atoms with E-state index in [4.69, 9.17) is 21.5 Å². The molecule has 0 bridgehead atoms. The molecule has 0 aromatic heterocycles. The molecule has 0 radical (unpaired) electrons. The molecule has 98 valence electrons. The summed E-state index contributed by atoms with van der Waals surface area (Å²) in [6, 6.07) is 0. The van der Waals surface area contributed by atoms with Crippen LogP contribution in [0.2, 0.25) is 32.7 Å². The molecule has 0 aliphatic carbocycles. The lowest BCUT2D eigenvalue weighted by Gasteiger charge is -2.36. The van der Waals surface area contributed by atoms with Crippen molar-refractivity contribution in [2.75, 3.05) is 21.3 Å². The third-order valence-electron chi connectivity index (χ3n) is 2.22. The predicted molar refractivity (Wildman–Crippen MR) is 69.8 cm³/mol. The maximum Gasteiger partial charge on any atom is 0.479 e. The maximum absolute atomic E-state index is 5.93. The average molecular weight is 285 g/mol. The molecule has 0 aliphatic heterocycles. The van der Waals surface area contributed by atoms with Crippen LogP contribution in [-0.4, -0.2) is 47.3 Å². The summed E-state index contributed by atoms with van der Waals surface area (Å²) in [6.45, 7) is 9.71. The van der Waals surface area contributed by atoms with E-state index < -0.39 is 25.9 Å². The first-order valence-corrected chi connectivity index (χ1v) is 13.0. The number of rotatable bonds is 7. The Labute approximate surface area is 102 Å². The SMILES string of the molecule is CO[Si](C)(C)O[Si](C)(OC)O[Si](C)(C)OC. The highest BCUT2D eigenvalue weighted by molar-refractivity contribution is 6.82. The van der Waals surface area contributed by atoms with Gasteiger partial charge in [0.25, 0.3) is 0 Å². The van der Waals surface area contributed by atoms with Crippen molar-refractivity contribution in [3.63, 3.8) is 0 Å². The molecule has 16 heavy (non-hydrogen) atoms. The second-order valence-corrected chi connectivity index (χ2v) is 14.7. The van der Waals surface area contributed by atoms with E-state index in [0.29, 0.717) is 0 Å². The summed E-state index contributed by atoms with van der Waals surface area (Å²) < 4.78 is 28.0. The summed E-state index contributed by atoms with van der Waals surface area (Å²) in [7, 11) is -2.10. The number of hydrogen-bond acceptors (Lipinski definition) is 5. The van der Waals surface area contributed by atoms with E-state index in [-0.39, 0.29) is 0 Å². The Morgan fingerprint density at radius 2 is 0.875 bits per heavy atom. The minimum Gasteiger partial charge on any atom is -0.398 e. The highest BCUT2D eigenvalue weighted by atomic mass is 28.5. The Balaban J connectivity index is 4.67. The van der Waals surface area contributed by atoms with Crippen molar-refractivity contribution in [2.45, 2.75) is 32.7 Å². The molecule has 0 N–H and O–H groups in total. The second kappa shape index (κ2) is 5.87. The molecule has 0 amide bonds. The van der Waals surface area contributed by atoms with Crippen LogP contribution in [0.4, 0.5) is 0 Å². The van der Waals surface area contributed by atoms with Gasteiger partial charge in [-0.05, 0) is 26.2 Å². The molecule has 0 heterocycles. The van der Waals surface area contributed by atoms with Crippen LogP contribution in [0.15, 0.2) is 0 Å². The molecule has 0 fully saturated rings. The van der Waals surface area contributed by atoms with E-state index in [1.54, 1.807) is 21.3 Å². The smallest absolute Gasteiger partial charge is 0.398 e. The third kappa shape index (κ3) is 5.68. The quantitative estimate of drug-likeness (QED) is 0.669. The summed E-state index contributed by atoms with van der Waals surface area (Å²) in [5.74, 6) is 0. The van der Waals surface area contributed by atoms with Crippen molar-refractivity contribution >= 4 is 25.9 Å². The van der Waals surface area contributed by atoms with Crippen LogP contribution < -0.4 is 0 Å². The first kappa shape index (κ1) is 16.5. The molecule has 0 saturated heterocycles. The minimum atomic E-state index is -2.66. The van der Waals surface area contributed by atoms with Crippen LogP contribution in [0.1, 0.15) is 0 Å². The lowest BCUT2D eigenvalue weighted by Crippen LogP contribution is -2.57. The van der Waals surface area contributed by atoms with E-state index in [1.165, 1.54) is 0 Å². The van der Waals surface area contributed by atoms with E-state index in [9.17, 15) is 0 Å². The summed E-state index contributed by atoms with van der Waals surface area (Å²) in [6.07, 6.45) is 0. The van der Waals surface area contributed by atoms with Gasteiger partial charge in [-0.1, -0.05) is 0 Å². The van der Waals surface area contributed by atoms with Crippen LogP contribution in [0.3, 0.4) is 0 Å². The van der Waals surface area contributed by atoms with Crippen molar-refractivity contribution in [3.8, 4) is 0 Å². The van der Waals surface area contributed by atoms with E-state index in [1.807, 2.05) is 32.7 Å². The molecule has 0 atom stereocenters. The van der Waals surface area contributed by atoms with E-state index in [0.717, 1.165) is 0 Å². The highest BCUT2D eigenvalue weighted by Gasteiger charge is 2.46. The van der Waals surface area contributed by atoms with Gasteiger partial charge in [-0.3, -0.25) is 0 Å². The topological polar surface area (TPSA) is 46.2 Å². The van der Waals surface area contributed by atoms with E-state index in [2.05, 4.69) is 0 Å². The summed E-state index contributed by atoms with van der Waals surface area (Å²) in [5.41, 5.74) is 0. The van der Waals surface area contributed by atoms with Crippen molar-refractivity contribution in [1.29, 1.82) is 0 Å². The predicted octanol–water partition coefficient (Wildman–Crippen LogP) is 1.93. The Morgan fingerprint density at radius 3 is 1.06 bits per heavy atom. The summed E-state index contributed by atoms with van der Waals surface area (Å²) >= 11 is 0. The second-order valence-electron chi connectivity index (χ2n) is 4.48. The molecule has 0 aromatic carbocycles. The van der Waals surface area contributed by atoms with Gasteiger partial charge in [0.05, 0.1) is 0 Å². The fraction of sp³-hybridized carbons (Fsp3) is 1.00. The summed E-state index contributed by atoms with van der Waals surface area (Å²) in [5, 5.41) is 0. The van der Waals surface area contributed by atoms with Gasteiger partial charge in [-0.25, -0.2) is 0 Å². The third-order valence-corrected chi connectivity index (χ3v) is 11.8. The van der Waals surface area contributed by atoms with Gasteiger partial charge in [0.2, 0.25) is 0 Å². The van der Waals surface area contributed by atoms with Crippen LogP contribution in [-0.2, 0) is 21.5 Å². The molecule has 5 nitrogen and oxygen atoms in total. The van der Waals surface area contributed by atoms with Gasteiger partial charge in [-0.2, -0.15) is 0 Å². The van der Waals surface area contributed by atoms with Crippen molar-refractivity contribution in [1.82, 2.24) is 0 Å². The molecule has 0 spiro atoms. The van der Waals surface area contributed by atoms with Crippen molar-refractivity contribution in [2.24, 2.45) is 0 Å². The van der Waals surface area contributed by atoms with Gasteiger partial charge < -0.3 is 21.5 Å². The zero-order valence-electron chi connectivity index (χ0n) is 11.5. The van der Waals surface area contributed by atoms with Crippen molar-refractivity contribution in [3.05, 3.63) is 0 Å². The fourth-order valence-electron chi connectivity index (χ4n) is 1.08. The van der Waals surface area contributed by atoms with Crippen LogP contribution >= 0.6 is 0 Å². The lowest BCUT2D eigenvalue weighted by molar-refractivity contribution is 0.158. The zero-order chi connectivity index (χ0) is 13.0. The van der Waals surface area contributed by atoms with Crippen LogP contribution in [0.5, 0.6) is 0 Å². The van der Waals surface area contributed by atoms with Crippen LogP contribution in [0.25, 0.3) is 0 Å². The van der Waals surface area contributed by atoms with E-state index >= 15 is 0 Å². The molecule has 0 saturated carbocycles. The molecule has 0 rings (SSSR count). The molecule has 8 heteroatoms. The normalized spacial score (nSPS) is 14.2. The van der Waals surface area contributed by atoms with Gasteiger partial charge in [0.15, 0.2) is 0 Å². The lowest BCUT2D eigenvalue weighted by atomic mass is 11.8. The number of hydrogen-bond donors (Lipinski definition) is 0. The van der Waals surface area contributed by atoms with Crippen molar-refractivity contribution < 1.29 is 21.5 Å². The molecule has 0 unspecified atom stereocenters. The first-order valence-electron chi connectivity index (χ1n) is 5.15. The van der Waals surface area contributed by atoms with Gasteiger partial charge >= 0.3 is 25.9 Å². The molecule has 0 aromatic rings. The molecular formula is C8H24O5Si3. The molecule has 0 aliphatic rings. The molecular weight excluding hydrogens is 260 g/mol. The maximum atomic E-state index is 5.93. The minimum absolute atomic E-state index is 1.60. The Kier molecular flexibility index (Phi) is 6.03. The van der Waals surface area contributed by atoms with Gasteiger partial charge in [-0.15, -0.1) is 0 Å². The zero-order valence-corrected chi connectivity index (χ0v) is 14.5. The fourth-order valence-corrected chi connectivity index (χ4v) is 10.1. The standard InChI is InChI=1S/C8H24O5Si3/c1-9-14(4,5)12-16(8,11-3)13-15(6,7)10-2/h1-8H3.